The summed E-state index contributed by atoms with van der Waals surface area (Å²) in [5.41, 5.74) is -1.78. The molecule has 0 radical (unpaired) electrons. The van der Waals surface area contributed by atoms with Gasteiger partial charge in [-0.2, -0.15) is 0 Å². The molecule has 1 heterocycles. The van der Waals surface area contributed by atoms with Crippen LogP contribution in [0.3, 0.4) is 0 Å². The van der Waals surface area contributed by atoms with Crippen molar-refractivity contribution in [2.24, 2.45) is 0 Å². The Kier molecular flexibility index (Phi) is 3.65. The normalized spacial score (nSPS) is 10.6. The predicted octanol–water partition coefficient (Wildman–Crippen LogP) is 2.05. The number of benzene rings is 1. The minimum absolute atomic E-state index is 0.0323. The van der Waals surface area contributed by atoms with Crippen LogP contribution in [0.4, 0.5) is 5.69 Å². The quantitative estimate of drug-likeness (QED) is 0.521. The Labute approximate surface area is 121 Å². The summed E-state index contributed by atoms with van der Waals surface area (Å²) in [6, 6.07) is 3.46. The van der Waals surface area contributed by atoms with E-state index < -0.39 is 16.2 Å². The van der Waals surface area contributed by atoms with Crippen LogP contribution in [0.1, 0.15) is 5.56 Å². The highest BCUT2D eigenvalue weighted by molar-refractivity contribution is 6.32. The van der Waals surface area contributed by atoms with Crippen molar-refractivity contribution in [1.82, 2.24) is 9.55 Å². The summed E-state index contributed by atoms with van der Waals surface area (Å²) in [6.45, 7) is 1.42. The first kappa shape index (κ1) is 14.3. The van der Waals surface area contributed by atoms with Gasteiger partial charge in [-0.1, -0.05) is 23.2 Å². The highest BCUT2D eigenvalue weighted by Crippen LogP contribution is 2.24. The summed E-state index contributed by atoms with van der Waals surface area (Å²) in [5.74, 6) is 0. The van der Waals surface area contributed by atoms with Gasteiger partial charge in [-0.3, -0.25) is 19.9 Å². The number of nitro benzene ring substituents is 1. The summed E-state index contributed by atoms with van der Waals surface area (Å²) in [5, 5.41) is 10.7. The van der Waals surface area contributed by atoms with E-state index >= 15 is 0 Å². The van der Waals surface area contributed by atoms with Gasteiger partial charge in [-0.25, -0.2) is 9.36 Å². The number of aromatic amines is 1. The van der Waals surface area contributed by atoms with Gasteiger partial charge < -0.3 is 0 Å². The number of hydrogen-bond acceptors (Lipinski definition) is 4. The molecule has 104 valence electrons. The smallest absolute Gasteiger partial charge is 0.297 e. The van der Waals surface area contributed by atoms with Crippen LogP contribution in [0.5, 0.6) is 0 Å². The zero-order valence-corrected chi connectivity index (χ0v) is 11.5. The van der Waals surface area contributed by atoms with Gasteiger partial charge >= 0.3 is 5.69 Å². The molecule has 1 N–H and O–H groups in total. The molecule has 0 saturated carbocycles. The average molecular weight is 316 g/mol. The molecule has 0 aliphatic rings. The Bertz CT molecular complexity index is 825. The van der Waals surface area contributed by atoms with Crippen molar-refractivity contribution in [2.75, 3.05) is 0 Å². The molecular formula is C11H7Cl2N3O4. The molecule has 20 heavy (non-hydrogen) atoms. The number of H-pyrrole nitrogens is 1. The lowest BCUT2D eigenvalue weighted by atomic mass is 10.2. The highest BCUT2D eigenvalue weighted by Gasteiger charge is 2.16. The lowest BCUT2D eigenvalue weighted by molar-refractivity contribution is -0.384. The van der Waals surface area contributed by atoms with Gasteiger partial charge in [0.1, 0.15) is 5.15 Å². The number of halogens is 2. The third-order valence-electron chi connectivity index (χ3n) is 2.65. The minimum Gasteiger partial charge on any atom is -0.297 e. The van der Waals surface area contributed by atoms with Crippen molar-refractivity contribution in [1.29, 1.82) is 0 Å². The van der Waals surface area contributed by atoms with E-state index in [1.807, 2.05) is 0 Å². The fraction of sp³-hybridized carbons (Fsp3) is 0.0909. The third-order valence-corrected chi connectivity index (χ3v) is 3.35. The Hall–Kier alpha value is -2.12. The molecule has 7 nitrogen and oxygen atoms in total. The van der Waals surface area contributed by atoms with Crippen LogP contribution in [0, 0.1) is 17.0 Å². The maximum atomic E-state index is 12.1. The standard InChI is InChI=1S/C11H7Cl2N3O4/c1-5-9(13)14-11(18)15(10(5)17)8-4-6(16(19)20)2-3-7(8)12/h2-4H,1H3,(H,14,18). The van der Waals surface area contributed by atoms with Gasteiger partial charge in [0, 0.05) is 12.1 Å². The lowest BCUT2D eigenvalue weighted by Crippen LogP contribution is -2.35. The van der Waals surface area contributed by atoms with Crippen molar-refractivity contribution in [3.8, 4) is 5.69 Å². The summed E-state index contributed by atoms with van der Waals surface area (Å²) in [4.78, 5) is 36.3. The van der Waals surface area contributed by atoms with E-state index in [9.17, 15) is 19.7 Å². The third kappa shape index (κ3) is 2.33. The van der Waals surface area contributed by atoms with Crippen LogP contribution < -0.4 is 11.2 Å². The van der Waals surface area contributed by atoms with Crippen LogP contribution in [0.25, 0.3) is 5.69 Å². The molecule has 0 saturated heterocycles. The van der Waals surface area contributed by atoms with Crippen molar-refractivity contribution in [3.63, 3.8) is 0 Å². The molecule has 9 heteroatoms. The number of rotatable bonds is 2. The van der Waals surface area contributed by atoms with Gasteiger partial charge in [0.05, 0.1) is 21.2 Å². The minimum atomic E-state index is -0.826. The Morgan fingerprint density at radius 3 is 2.55 bits per heavy atom. The van der Waals surface area contributed by atoms with Gasteiger partial charge in [-0.15, -0.1) is 0 Å². The van der Waals surface area contributed by atoms with Gasteiger partial charge in [0.2, 0.25) is 0 Å². The van der Waals surface area contributed by atoms with Crippen molar-refractivity contribution >= 4 is 28.9 Å². The fourth-order valence-corrected chi connectivity index (χ4v) is 1.97. The molecule has 2 rings (SSSR count). The zero-order valence-electron chi connectivity index (χ0n) is 10.0. The Morgan fingerprint density at radius 1 is 1.30 bits per heavy atom. The van der Waals surface area contributed by atoms with E-state index in [0.717, 1.165) is 6.07 Å². The Balaban J connectivity index is 2.85. The van der Waals surface area contributed by atoms with E-state index in [4.69, 9.17) is 23.2 Å². The lowest BCUT2D eigenvalue weighted by Gasteiger charge is -2.08. The van der Waals surface area contributed by atoms with Crippen LogP contribution in [0.2, 0.25) is 10.2 Å². The highest BCUT2D eigenvalue weighted by atomic mass is 35.5. The van der Waals surface area contributed by atoms with Gasteiger partial charge in [0.15, 0.2) is 0 Å². The van der Waals surface area contributed by atoms with E-state index in [0.29, 0.717) is 4.57 Å². The molecule has 2 aromatic rings. The predicted molar refractivity (Wildman–Crippen MR) is 74.1 cm³/mol. The number of nitro groups is 1. The number of non-ortho nitro benzene ring substituents is 1. The summed E-state index contributed by atoms with van der Waals surface area (Å²) >= 11 is 11.6. The van der Waals surface area contributed by atoms with E-state index in [2.05, 4.69) is 4.98 Å². The van der Waals surface area contributed by atoms with E-state index in [1.165, 1.54) is 19.1 Å². The van der Waals surface area contributed by atoms with Crippen molar-refractivity contribution in [3.05, 3.63) is 64.9 Å². The number of hydrogen-bond donors (Lipinski definition) is 1. The van der Waals surface area contributed by atoms with E-state index in [-0.39, 0.29) is 27.1 Å². The number of nitrogens with zero attached hydrogens (tertiary/aromatic N) is 2. The van der Waals surface area contributed by atoms with Gasteiger partial charge in [0.25, 0.3) is 11.2 Å². The van der Waals surface area contributed by atoms with Crippen LogP contribution >= 0.6 is 23.2 Å². The maximum Gasteiger partial charge on any atom is 0.334 e. The molecule has 1 aromatic heterocycles. The van der Waals surface area contributed by atoms with E-state index in [1.54, 1.807) is 0 Å². The molecule has 0 unspecified atom stereocenters. The SMILES string of the molecule is Cc1c(Cl)[nH]c(=O)n(-c2cc([N+](=O)[O-])ccc2Cl)c1=O. The second-order valence-electron chi connectivity index (χ2n) is 3.90. The van der Waals surface area contributed by atoms with Crippen molar-refractivity contribution < 1.29 is 4.92 Å². The molecule has 1 aromatic carbocycles. The Morgan fingerprint density at radius 2 is 1.95 bits per heavy atom. The molecular weight excluding hydrogens is 309 g/mol. The monoisotopic (exact) mass is 315 g/mol. The topological polar surface area (TPSA) is 98.0 Å². The summed E-state index contributed by atoms with van der Waals surface area (Å²) < 4.78 is 0.705. The molecule has 0 amide bonds. The molecule has 0 atom stereocenters. The summed E-state index contributed by atoms with van der Waals surface area (Å²) in [7, 11) is 0. The fourth-order valence-electron chi connectivity index (χ4n) is 1.60. The molecule has 0 spiro atoms. The zero-order chi connectivity index (χ0) is 15.0. The van der Waals surface area contributed by atoms with Crippen molar-refractivity contribution in [2.45, 2.75) is 6.92 Å². The number of nitrogens with one attached hydrogen (secondary N) is 1. The first-order valence-corrected chi connectivity index (χ1v) is 6.04. The molecule has 0 fully saturated rings. The van der Waals surface area contributed by atoms with Crippen LogP contribution in [-0.2, 0) is 0 Å². The molecule has 0 aliphatic carbocycles. The second-order valence-corrected chi connectivity index (χ2v) is 4.69. The molecule has 0 bridgehead atoms. The first-order valence-electron chi connectivity index (χ1n) is 5.28. The van der Waals surface area contributed by atoms with Crippen LogP contribution in [-0.4, -0.2) is 14.5 Å². The average Bonchev–Trinajstić information content (AvgIpc) is 2.38. The maximum absolute atomic E-state index is 12.1. The molecule has 0 aliphatic heterocycles. The summed E-state index contributed by atoms with van der Waals surface area (Å²) in [6.07, 6.45) is 0. The first-order chi connectivity index (χ1) is 9.32. The number of aromatic nitrogens is 2. The largest absolute Gasteiger partial charge is 0.334 e. The van der Waals surface area contributed by atoms with Gasteiger partial charge in [-0.05, 0) is 13.0 Å². The van der Waals surface area contributed by atoms with Crippen LogP contribution in [0.15, 0.2) is 27.8 Å². The second kappa shape index (κ2) is 5.10.